The van der Waals surface area contributed by atoms with E-state index >= 15 is 0 Å². The number of halogens is 1. The molecule has 2 aromatic rings. The minimum absolute atomic E-state index is 0.309. The molecule has 2 N–H and O–H groups in total. The molecule has 0 fully saturated rings. The van der Waals surface area contributed by atoms with Crippen LogP contribution in [0.3, 0.4) is 0 Å². The highest BCUT2D eigenvalue weighted by molar-refractivity contribution is 9.10. The predicted molar refractivity (Wildman–Crippen MR) is 82.4 cm³/mol. The molecule has 0 aliphatic rings. The first-order chi connectivity index (χ1) is 10.1. The Morgan fingerprint density at radius 2 is 1.67 bits per heavy atom. The van der Waals surface area contributed by atoms with Crippen molar-refractivity contribution in [2.75, 3.05) is 17.7 Å². The van der Waals surface area contributed by atoms with E-state index in [-0.39, 0.29) is 5.91 Å². The summed E-state index contributed by atoms with van der Waals surface area (Å²) in [6.07, 6.45) is 1.00. The highest BCUT2D eigenvalue weighted by Crippen LogP contribution is 2.15. The molecule has 0 aliphatic heterocycles. The Balaban J connectivity index is 2.01. The van der Waals surface area contributed by atoms with Gasteiger partial charge in [0.05, 0.1) is 7.11 Å². The summed E-state index contributed by atoms with van der Waals surface area (Å²) in [5.74, 6) is -0.309. The first-order valence-corrected chi connectivity index (χ1v) is 6.76. The molecule has 6 nitrogen and oxygen atoms in total. The molecule has 0 spiro atoms. The summed E-state index contributed by atoms with van der Waals surface area (Å²) in [7, 11) is 1.29. The largest absolute Gasteiger partial charge is 0.453 e. The number of anilines is 2. The second kappa shape index (κ2) is 6.85. The Kier molecular flexibility index (Phi) is 4.89. The van der Waals surface area contributed by atoms with Crippen molar-refractivity contribution in [3.8, 4) is 0 Å². The Bertz CT molecular complexity index is 642. The zero-order valence-electron chi connectivity index (χ0n) is 11.1. The van der Waals surface area contributed by atoms with E-state index in [4.69, 9.17) is 0 Å². The van der Waals surface area contributed by atoms with Gasteiger partial charge in [-0.3, -0.25) is 10.1 Å². The number of hydrogen-bond acceptors (Lipinski definition) is 4. The van der Waals surface area contributed by atoms with Crippen molar-refractivity contribution in [3.05, 3.63) is 52.8 Å². The van der Waals surface area contributed by atoms with Crippen molar-refractivity contribution in [2.45, 2.75) is 0 Å². The first kappa shape index (κ1) is 15.0. The van der Waals surface area contributed by atoms with Crippen LogP contribution in [0.2, 0.25) is 0 Å². The van der Waals surface area contributed by atoms with Crippen molar-refractivity contribution in [3.63, 3.8) is 0 Å². The molecule has 0 atom stereocenters. The Morgan fingerprint density at radius 3 is 2.19 bits per heavy atom. The monoisotopic (exact) mass is 349 g/mol. The van der Waals surface area contributed by atoms with E-state index in [2.05, 4.69) is 36.3 Å². The van der Waals surface area contributed by atoms with Gasteiger partial charge in [-0.15, -0.1) is 0 Å². The quantitative estimate of drug-likeness (QED) is 0.890. The topological polar surface area (TPSA) is 80.3 Å². The van der Waals surface area contributed by atoms with Gasteiger partial charge >= 0.3 is 6.09 Å². The van der Waals surface area contributed by atoms with Gasteiger partial charge in [0.1, 0.15) is 5.69 Å². The number of nitrogens with zero attached hydrogens (tertiary/aromatic N) is 1. The molecule has 1 heterocycles. The van der Waals surface area contributed by atoms with Crippen LogP contribution in [0.5, 0.6) is 0 Å². The van der Waals surface area contributed by atoms with Gasteiger partial charge in [-0.2, -0.15) is 0 Å². The number of carbonyl (C=O) groups is 2. The van der Waals surface area contributed by atoms with E-state index in [1.165, 1.54) is 7.11 Å². The van der Waals surface area contributed by atoms with Gasteiger partial charge in [0.2, 0.25) is 0 Å². The number of pyridine rings is 1. The van der Waals surface area contributed by atoms with Gasteiger partial charge in [-0.25, -0.2) is 9.78 Å². The van der Waals surface area contributed by atoms with Gasteiger partial charge < -0.3 is 10.1 Å². The van der Waals surface area contributed by atoms with E-state index in [1.807, 2.05) is 0 Å². The lowest BCUT2D eigenvalue weighted by Crippen LogP contribution is -2.14. The lowest BCUT2D eigenvalue weighted by Gasteiger charge is -2.07. The van der Waals surface area contributed by atoms with Gasteiger partial charge in [-0.05, 0) is 52.3 Å². The third-order valence-corrected chi connectivity index (χ3v) is 3.00. The molecule has 0 unspecified atom stereocenters. The van der Waals surface area contributed by atoms with Crippen molar-refractivity contribution in [1.82, 2.24) is 4.98 Å². The van der Waals surface area contributed by atoms with E-state index in [1.54, 1.807) is 42.6 Å². The number of hydrogen-bond donors (Lipinski definition) is 2. The molecule has 0 bridgehead atoms. The minimum atomic E-state index is -0.550. The van der Waals surface area contributed by atoms with Crippen LogP contribution in [-0.4, -0.2) is 24.1 Å². The van der Waals surface area contributed by atoms with E-state index in [0.29, 0.717) is 17.1 Å². The number of ether oxygens (including phenoxy) is 1. The average molecular weight is 350 g/mol. The van der Waals surface area contributed by atoms with Gasteiger partial charge in [0.25, 0.3) is 5.91 Å². The maximum Gasteiger partial charge on any atom is 0.411 e. The number of carbonyl (C=O) groups excluding carboxylic acids is 2. The molecule has 0 saturated carbocycles. The molecule has 0 radical (unpaired) electrons. The van der Waals surface area contributed by atoms with E-state index in [0.717, 1.165) is 4.47 Å². The molecule has 1 aromatic carbocycles. The Hall–Kier alpha value is -2.41. The van der Waals surface area contributed by atoms with Gasteiger partial charge in [-0.1, -0.05) is 0 Å². The molecule has 108 valence electrons. The summed E-state index contributed by atoms with van der Waals surface area (Å²) in [6.45, 7) is 0. The Labute approximate surface area is 129 Å². The third-order valence-electron chi connectivity index (χ3n) is 2.53. The SMILES string of the molecule is COC(=O)Nc1ccc(NC(=O)c2ccc(Br)cn2)cc1. The van der Waals surface area contributed by atoms with Crippen molar-refractivity contribution in [2.24, 2.45) is 0 Å². The summed E-state index contributed by atoms with van der Waals surface area (Å²) < 4.78 is 5.29. The molecular weight excluding hydrogens is 338 g/mol. The molecule has 2 amide bonds. The smallest absolute Gasteiger partial charge is 0.411 e. The third kappa shape index (κ3) is 4.28. The number of amides is 2. The lowest BCUT2D eigenvalue weighted by atomic mass is 10.2. The molecule has 0 aliphatic carbocycles. The summed E-state index contributed by atoms with van der Waals surface area (Å²) in [5.41, 5.74) is 1.48. The van der Waals surface area contributed by atoms with Crippen LogP contribution in [0, 0.1) is 0 Å². The van der Waals surface area contributed by atoms with Crippen molar-refractivity contribution in [1.29, 1.82) is 0 Å². The molecule has 7 heteroatoms. The normalized spacial score (nSPS) is 9.81. The number of aromatic nitrogens is 1. The maximum absolute atomic E-state index is 12.0. The van der Waals surface area contributed by atoms with Crippen LogP contribution >= 0.6 is 15.9 Å². The van der Waals surface area contributed by atoms with Crippen molar-refractivity contribution < 1.29 is 14.3 Å². The zero-order valence-corrected chi connectivity index (χ0v) is 12.7. The minimum Gasteiger partial charge on any atom is -0.453 e. The molecule has 2 rings (SSSR count). The van der Waals surface area contributed by atoms with Crippen LogP contribution in [-0.2, 0) is 4.74 Å². The summed E-state index contributed by atoms with van der Waals surface area (Å²) in [4.78, 5) is 27.0. The number of benzene rings is 1. The second-order valence-corrected chi connectivity index (χ2v) is 4.93. The van der Waals surface area contributed by atoms with Crippen molar-refractivity contribution >= 4 is 39.3 Å². The fraction of sp³-hybridized carbons (Fsp3) is 0.0714. The Morgan fingerprint density at radius 1 is 1.05 bits per heavy atom. The van der Waals surface area contributed by atoms with Crippen LogP contribution < -0.4 is 10.6 Å². The number of methoxy groups -OCH3 is 1. The standard InChI is InChI=1S/C14H12BrN3O3/c1-21-14(20)18-11-5-3-10(4-6-11)17-13(19)12-7-2-9(15)8-16-12/h2-8H,1H3,(H,17,19)(H,18,20). The summed E-state index contributed by atoms with van der Waals surface area (Å²) in [5, 5.41) is 5.23. The lowest BCUT2D eigenvalue weighted by molar-refractivity contribution is 0.102. The van der Waals surface area contributed by atoms with Gasteiger partial charge in [0.15, 0.2) is 0 Å². The van der Waals surface area contributed by atoms with Crippen LogP contribution in [0.1, 0.15) is 10.5 Å². The second-order valence-electron chi connectivity index (χ2n) is 4.01. The van der Waals surface area contributed by atoms with E-state index < -0.39 is 6.09 Å². The fourth-order valence-electron chi connectivity index (χ4n) is 1.51. The highest BCUT2D eigenvalue weighted by atomic mass is 79.9. The summed E-state index contributed by atoms with van der Waals surface area (Å²) in [6, 6.07) is 10.0. The first-order valence-electron chi connectivity index (χ1n) is 5.96. The average Bonchev–Trinajstić information content (AvgIpc) is 2.49. The number of nitrogens with one attached hydrogen (secondary N) is 2. The van der Waals surface area contributed by atoms with E-state index in [9.17, 15) is 9.59 Å². The van der Waals surface area contributed by atoms with Crippen LogP contribution in [0.15, 0.2) is 47.1 Å². The molecule has 0 saturated heterocycles. The number of rotatable bonds is 3. The summed E-state index contributed by atoms with van der Waals surface area (Å²) >= 11 is 3.26. The molecule has 21 heavy (non-hydrogen) atoms. The van der Waals surface area contributed by atoms with Crippen LogP contribution in [0.4, 0.5) is 16.2 Å². The molecular formula is C14H12BrN3O3. The van der Waals surface area contributed by atoms with Crippen LogP contribution in [0.25, 0.3) is 0 Å². The van der Waals surface area contributed by atoms with Gasteiger partial charge in [0, 0.05) is 22.0 Å². The maximum atomic E-state index is 12.0. The fourth-order valence-corrected chi connectivity index (χ4v) is 1.75. The predicted octanol–water partition coefficient (Wildman–Crippen LogP) is 3.27. The highest BCUT2D eigenvalue weighted by Gasteiger charge is 2.07. The zero-order chi connectivity index (χ0) is 15.2. The molecule has 1 aromatic heterocycles.